The van der Waals surface area contributed by atoms with Gasteiger partial charge in [-0.05, 0) is 54.6 Å². The van der Waals surface area contributed by atoms with E-state index in [1.54, 1.807) is 23.1 Å². The fraction of sp³-hybridized carbons (Fsp3) is 0.200. The molecule has 1 aliphatic carbocycles. The number of thiophene rings is 1. The molecule has 0 unspecified atom stereocenters. The number of aryl methyl sites for hydroxylation is 3. The molecule has 0 fully saturated rings. The van der Waals surface area contributed by atoms with E-state index in [1.807, 2.05) is 32.3 Å². The van der Waals surface area contributed by atoms with Crippen LogP contribution in [0.3, 0.4) is 0 Å². The topological polar surface area (TPSA) is 81.9 Å². The molecular formula is C20H17N5O2S2. The molecule has 0 atom stereocenters. The second kappa shape index (κ2) is 7.09. The summed E-state index contributed by atoms with van der Waals surface area (Å²) >= 11 is 2.81. The van der Waals surface area contributed by atoms with Gasteiger partial charge in [0.2, 0.25) is 0 Å². The number of carbonyl (C=O) groups is 1. The second-order valence-electron chi connectivity index (χ2n) is 6.77. The van der Waals surface area contributed by atoms with E-state index in [4.69, 9.17) is 4.74 Å². The van der Waals surface area contributed by atoms with Gasteiger partial charge in [-0.3, -0.25) is 14.5 Å². The van der Waals surface area contributed by atoms with Crippen molar-refractivity contribution in [3.63, 3.8) is 0 Å². The Kier molecular flexibility index (Phi) is 4.40. The highest BCUT2D eigenvalue weighted by Crippen LogP contribution is 2.50. The molecule has 1 amide bonds. The molecule has 0 bridgehead atoms. The Hall–Kier alpha value is -3.04. The fourth-order valence-corrected chi connectivity index (χ4v) is 5.45. The van der Waals surface area contributed by atoms with Crippen LogP contribution in [0.5, 0.6) is 10.8 Å². The number of rotatable bonds is 4. The smallest absolute Gasteiger partial charge is 0.267 e. The average molecular weight is 424 g/mol. The predicted molar refractivity (Wildman–Crippen MR) is 113 cm³/mol. The zero-order valence-corrected chi connectivity index (χ0v) is 17.4. The van der Waals surface area contributed by atoms with Gasteiger partial charge in [-0.25, -0.2) is 4.37 Å². The van der Waals surface area contributed by atoms with E-state index in [0.29, 0.717) is 21.5 Å². The van der Waals surface area contributed by atoms with Crippen molar-refractivity contribution in [2.45, 2.75) is 19.8 Å². The number of pyridine rings is 1. The van der Waals surface area contributed by atoms with Crippen molar-refractivity contribution in [1.29, 1.82) is 0 Å². The third-order valence-corrected chi connectivity index (χ3v) is 6.78. The van der Waals surface area contributed by atoms with Gasteiger partial charge in [0.15, 0.2) is 10.9 Å². The first-order chi connectivity index (χ1) is 14.1. The molecule has 0 aromatic carbocycles. The third-order valence-electron chi connectivity index (χ3n) is 4.81. The Balaban J connectivity index is 1.58. The summed E-state index contributed by atoms with van der Waals surface area (Å²) in [4.78, 5) is 19.1. The summed E-state index contributed by atoms with van der Waals surface area (Å²) in [5.41, 5.74) is 3.99. The lowest BCUT2D eigenvalue weighted by atomic mass is 9.93. The van der Waals surface area contributed by atoms with Crippen molar-refractivity contribution in [2.24, 2.45) is 7.05 Å². The SMILES string of the molecule is Cc1ncccc1Oc1sc(C(=O)Nc2ccn(C)n2)c2c1-c1sncc1CC2. The number of aromatic nitrogens is 4. The first-order valence-corrected chi connectivity index (χ1v) is 10.7. The number of nitrogens with zero attached hydrogens (tertiary/aromatic N) is 4. The van der Waals surface area contributed by atoms with Gasteiger partial charge in [0.1, 0.15) is 5.75 Å². The molecule has 5 rings (SSSR count). The lowest BCUT2D eigenvalue weighted by Crippen LogP contribution is -2.14. The monoisotopic (exact) mass is 423 g/mol. The Bertz CT molecular complexity index is 1220. The number of amides is 1. The van der Waals surface area contributed by atoms with Crippen molar-refractivity contribution in [3.05, 3.63) is 58.5 Å². The molecule has 7 nitrogen and oxygen atoms in total. The van der Waals surface area contributed by atoms with Crippen LogP contribution in [-0.2, 0) is 19.9 Å². The van der Waals surface area contributed by atoms with Crippen LogP contribution in [0.15, 0.2) is 36.8 Å². The van der Waals surface area contributed by atoms with Crippen LogP contribution >= 0.6 is 22.9 Å². The Morgan fingerprint density at radius 1 is 1.31 bits per heavy atom. The number of hydrogen-bond acceptors (Lipinski definition) is 7. The Morgan fingerprint density at radius 3 is 3.00 bits per heavy atom. The lowest BCUT2D eigenvalue weighted by molar-refractivity contribution is 0.102. The minimum Gasteiger partial charge on any atom is -0.444 e. The summed E-state index contributed by atoms with van der Waals surface area (Å²) in [5, 5.41) is 7.84. The van der Waals surface area contributed by atoms with E-state index < -0.39 is 0 Å². The van der Waals surface area contributed by atoms with Crippen LogP contribution in [0.2, 0.25) is 0 Å². The molecular weight excluding hydrogens is 406 g/mol. The van der Waals surface area contributed by atoms with Gasteiger partial charge < -0.3 is 10.1 Å². The Morgan fingerprint density at radius 2 is 2.21 bits per heavy atom. The molecule has 0 saturated heterocycles. The van der Waals surface area contributed by atoms with Gasteiger partial charge in [0, 0.05) is 31.7 Å². The van der Waals surface area contributed by atoms with Gasteiger partial charge in [0.25, 0.3) is 5.91 Å². The van der Waals surface area contributed by atoms with Crippen molar-refractivity contribution in [3.8, 4) is 21.3 Å². The van der Waals surface area contributed by atoms with Crippen LogP contribution in [0.4, 0.5) is 5.82 Å². The van der Waals surface area contributed by atoms with Gasteiger partial charge in [0.05, 0.1) is 21.0 Å². The molecule has 4 aromatic heterocycles. The molecule has 146 valence electrons. The molecule has 0 aliphatic heterocycles. The van der Waals surface area contributed by atoms with Crippen molar-refractivity contribution >= 4 is 34.6 Å². The number of ether oxygens (including phenoxy) is 1. The summed E-state index contributed by atoms with van der Waals surface area (Å²) in [5.74, 6) is 1.04. The predicted octanol–water partition coefficient (Wildman–Crippen LogP) is 4.45. The highest BCUT2D eigenvalue weighted by molar-refractivity contribution is 7.17. The lowest BCUT2D eigenvalue weighted by Gasteiger charge is -2.14. The van der Waals surface area contributed by atoms with Crippen LogP contribution in [0.25, 0.3) is 10.4 Å². The number of nitrogens with one attached hydrogen (secondary N) is 1. The van der Waals surface area contributed by atoms with Crippen LogP contribution in [0.1, 0.15) is 26.5 Å². The molecule has 1 N–H and O–H groups in total. The van der Waals surface area contributed by atoms with Crippen molar-refractivity contribution < 1.29 is 9.53 Å². The molecule has 4 heterocycles. The minimum absolute atomic E-state index is 0.171. The zero-order valence-electron chi connectivity index (χ0n) is 15.8. The summed E-state index contributed by atoms with van der Waals surface area (Å²) in [7, 11) is 1.82. The van der Waals surface area contributed by atoms with E-state index in [9.17, 15) is 4.79 Å². The maximum absolute atomic E-state index is 13.0. The normalized spacial score (nSPS) is 12.3. The highest BCUT2D eigenvalue weighted by Gasteiger charge is 2.31. The molecule has 0 radical (unpaired) electrons. The maximum atomic E-state index is 13.0. The molecule has 4 aromatic rings. The quantitative estimate of drug-likeness (QED) is 0.524. The first-order valence-electron chi connectivity index (χ1n) is 9.10. The van der Waals surface area contributed by atoms with Gasteiger partial charge in [-0.2, -0.15) is 5.10 Å². The van der Waals surface area contributed by atoms with Crippen molar-refractivity contribution in [1.82, 2.24) is 19.1 Å². The van der Waals surface area contributed by atoms with Gasteiger partial charge in [-0.15, -0.1) is 0 Å². The number of fused-ring (bicyclic) bond motifs is 3. The minimum atomic E-state index is -0.171. The van der Waals surface area contributed by atoms with Crippen LogP contribution in [-0.4, -0.2) is 25.0 Å². The third kappa shape index (κ3) is 3.22. The average Bonchev–Trinajstić information content (AvgIpc) is 3.41. The summed E-state index contributed by atoms with van der Waals surface area (Å²) in [6, 6.07) is 5.50. The first kappa shape index (κ1) is 18.0. The zero-order chi connectivity index (χ0) is 20.0. The summed E-state index contributed by atoms with van der Waals surface area (Å²) < 4.78 is 12.3. The van der Waals surface area contributed by atoms with Gasteiger partial charge in [-0.1, -0.05) is 11.3 Å². The molecule has 1 aliphatic rings. The standard InChI is InChI=1S/C20H17N5O2S2/c1-11-14(4-3-8-21-11)27-20-16-13(6-5-12-10-22-29-17(12)16)18(28-20)19(26)23-15-7-9-25(2)24-15/h3-4,7-10H,5-6H2,1-2H3,(H,23,24,26). The largest absolute Gasteiger partial charge is 0.444 e. The second-order valence-corrected chi connectivity index (χ2v) is 8.55. The van der Waals surface area contributed by atoms with Gasteiger partial charge >= 0.3 is 0 Å². The van der Waals surface area contributed by atoms with Crippen LogP contribution in [0, 0.1) is 6.92 Å². The number of anilines is 1. The molecule has 29 heavy (non-hydrogen) atoms. The number of carbonyl (C=O) groups excluding carboxylic acids is 1. The van der Waals surface area contributed by atoms with Crippen molar-refractivity contribution in [2.75, 3.05) is 5.32 Å². The van der Waals surface area contributed by atoms with E-state index in [-0.39, 0.29) is 5.91 Å². The number of hydrogen-bond donors (Lipinski definition) is 1. The van der Waals surface area contributed by atoms with Crippen LogP contribution < -0.4 is 10.1 Å². The Labute approximate surface area is 175 Å². The van der Waals surface area contributed by atoms with E-state index in [0.717, 1.165) is 34.5 Å². The highest BCUT2D eigenvalue weighted by atomic mass is 32.1. The molecule has 0 spiro atoms. The molecule has 0 saturated carbocycles. The summed E-state index contributed by atoms with van der Waals surface area (Å²) in [6.45, 7) is 1.90. The summed E-state index contributed by atoms with van der Waals surface area (Å²) in [6.07, 6.45) is 7.08. The molecule has 9 heteroatoms. The van der Waals surface area contributed by atoms with E-state index in [1.165, 1.54) is 28.4 Å². The maximum Gasteiger partial charge on any atom is 0.267 e. The fourth-order valence-electron chi connectivity index (χ4n) is 3.40. The van der Waals surface area contributed by atoms with E-state index >= 15 is 0 Å². The van der Waals surface area contributed by atoms with E-state index in [2.05, 4.69) is 19.8 Å².